The van der Waals surface area contributed by atoms with Crippen LogP contribution in [0.1, 0.15) is 83.8 Å². The van der Waals surface area contributed by atoms with Crippen molar-refractivity contribution in [2.75, 3.05) is 0 Å². The van der Waals surface area contributed by atoms with Crippen LogP contribution in [-0.2, 0) is 27.2 Å². The zero-order valence-electron chi connectivity index (χ0n) is 18.2. The van der Waals surface area contributed by atoms with Crippen LogP contribution in [0.2, 0.25) is 0 Å². The van der Waals surface area contributed by atoms with E-state index in [0.717, 1.165) is 44.1 Å². The third-order valence-corrected chi connectivity index (χ3v) is 5.49. The van der Waals surface area contributed by atoms with Gasteiger partial charge in [0.15, 0.2) is 0 Å². The van der Waals surface area contributed by atoms with E-state index in [4.69, 9.17) is 9.84 Å². The molecule has 6 nitrogen and oxygen atoms in total. The van der Waals surface area contributed by atoms with Crippen molar-refractivity contribution in [2.24, 2.45) is 5.41 Å². The molecule has 0 amide bonds. The summed E-state index contributed by atoms with van der Waals surface area (Å²) in [5.41, 5.74) is 0.151. The van der Waals surface area contributed by atoms with Gasteiger partial charge >= 0.3 is 5.97 Å². The van der Waals surface area contributed by atoms with Gasteiger partial charge in [0.05, 0.1) is 5.41 Å². The second-order valence-electron chi connectivity index (χ2n) is 9.00. The molecular formula is C23H36O6. The number of unbranched alkanes of at least 4 members (excludes halogenated alkanes) is 3. The monoisotopic (exact) mass is 408 g/mol. The molecule has 1 aromatic rings. The van der Waals surface area contributed by atoms with E-state index in [1.807, 2.05) is 13.8 Å². The van der Waals surface area contributed by atoms with Crippen LogP contribution in [0.15, 0.2) is 12.1 Å². The lowest BCUT2D eigenvalue weighted by molar-refractivity contribution is -0.147. The molecule has 0 aliphatic heterocycles. The molecule has 0 fully saturated rings. The summed E-state index contributed by atoms with van der Waals surface area (Å²) in [6.45, 7) is 7.66. The van der Waals surface area contributed by atoms with Crippen LogP contribution in [-0.4, -0.2) is 33.4 Å². The second kappa shape index (κ2) is 11.1. The first-order chi connectivity index (χ1) is 13.5. The SMILES string of the molecule is CC(C)(CCCCc1ccc(O)c(CCCCCC(C)(C)C(=O)O)c1O)OC=O. The Kier molecular flexibility index (Phi) is 9.47. The summed E-state index contributed by atoms with van der Waals surface area (Å²) in [7, 11) is 0. The third kappa shape index (κ3) is 8.34. The molecule has 0 bridgehead atoms. The van der Waals surface area contributed by atoms with E-state index in [2.05, 4.69) is 0 Å². The molecular weight excluding hydrogens is 372 g/mol. The van der Waals surface area contributed by atoms with Crippen LogP contribution >= 0.6 is 0 Å². The van der Waals surface area contributed by atoms with Gasteiger partial charge in [-0.15, -0.1) is 0 Å². The molecule has 0 aliphatic rings. The number of benzene rings is 1. The van der Waals surface area contributed by atoms with E-state index in [-0.39, 0.29) is 11.5 Å². The van der Waals surface area contributed by atoms with E-state index in [1.165, 1.54) is 0 Å². The molecule has 164 valence electrons. The van der Waals surface area contributed by atoms with Crippen molar-refractivity contribution in [1.29, 1.82) is 0 Å². The lowest BCUT2D eigenvalue weighted by Gasteiger charge is -2.22. The van der Waals surface area contributed by atoms with Crippen molar-refractivity contribution in [2.45, 2.75) is 91.1 Å². The number of rotatable bonds is 14. The normalized spacial score (nSPS) is 12.0. The van der Waals surface area contributed by atoms with Crippen LogP contribution in [0.25, 0.3) is 0 Å². The number of phenols is 2. The van der Waals surface area contributed by atoms with Crippen LogP contribution in [0.5, 0.6) is 11.5 Å². The zero-order valence-corrected chi connectivity index (χ0v) is 18.2. The maximum atomic E-state index is 11.1. The van der Waals surface area contributed by atoms with Crippen LogP contribution < -0.4 is 0 Å². The highest BCUT2D eigenvalue weighted by molar-refractivity contribution is 5.73. The topological polar surface area (TPSA) is 104 Å². The number of carboxylic acid groups (broad SMARTS) is 1. The number of hydrogen-bond donors (Lipinski definition) is 3. The molecule has 0 saturated carbocycles. The number of ether oxygens (including phenoxy) is 1. The van der Waals surface area contributed by atoms with Gasteiger partial charge in [-0.25, -0.2) is 0 Å². The van der Waals surface area contributed by atoms with E-state index < -0.39 is 17.0 Å². The Balaban J connectivity index is 2.52. The average Bonchev–Trinajstić information content (AvgIpc) is 2.62. The average molecular weight is 409 g/mol. The Morgan fingerprint density at radius 1 is 0.966 bits per heavy atom. The van der Waals surface area contributed by atoms with Crippen molar-refractivity contribution in [1.82, 2.24) is 0 Å². The number of carboxylic acids is 1. The van der Waals surface area contributed by atoms with Gasteiger partial charge in [-0.3, -0.25) is 9.59 Å². The van der Waals surface area contributed by atoms with E-state index >= 15 is 0 Å². The second-order valence-corrected chi connectivity index (χ2v) is 9.00. The standard InChI is InChI=1S/C23H36O6/c1-22(2,21(27)28)14-8-5-6-11-18-19(25)13-12-17(20(18)26)10-7-9-15-23(3,4)29-16-24/h12-13,16,25-26H,5-11,14-15H2,1-4H3,(H,27,28). The van der Waals surface area contributed by atoms with Crippen molar-refractivity contribution in [3.63, 3.8) is 0 Å². The number of hydrogen-bond acceptors (Lipinski definition) is 5. The molecule has 0 aromatic heterocycles. The van der Waals surface area contributed by atoms with Crippen molar-refractivity contribution < 1.29 is 29.6 Å². The number of aliphatic carboxylic acids is 1. The molecule has 0 aliphatic carbocycles. The number of phenolic OH excluding ortho intramolecular Hbond substituents is 2. The van der Waals surface area contributed by atoms with Gasteiger partial charge in [0.25, 0.3) is 6.47 Å². The van der Waals surface area contributed by atoms with Crippen molar-refractivity contribution in [3.05, 3.63) is 23.3 Å². The number of carbonyl (C=O) groups is 2. The fraction of sp³-hybridized carbons (Fsp3) is 0.652. The molecule has 1 rings (SSSR count). The molecule has 3 N–H and O–H groups in total. The zero-order chi connectivity index (χ0) is 22.1. The molecule has 29 heavy (non-hydrogen) atoms. The number of aryl methyl sites for hydroxylation is 1. The van der Waals surface area contributed by atoms with Gasteiger partial charge in [0.2, 0.25) is 0 Å². The molecule has 0 atom stereocenters. The summed E-state index contributed by atoms with van der Waals surface area (Å²) in [6, 6.07) is 3.37. The summed E-state index contributed by atoms with van der Waals surface area (Å²) < 4.78 is 5.04. The Hall–Kier alpha value is -2.24. The van der Waals surface area contributed by atoms with Gasteiger partial charge in [-0.2, -0.15) is 0 Å². The number of aromatic hydroxyl groups is 2. The summed E-state index contributed by atoms with van der Waals surface area (Å²) >= 11 is 0. The lowest BCUT2D eigenvalue weighted by Crippen LogP contribution is -2.23. The summed E-state index contributed by atoms with van der Waals surface area (Å²) in [5, 5.41) is 29.8. The third-order valence-electron chi connectivity index (χ3n) is 5.49. The number of carbonyl (C=O) groups excluding carboxylic acids is 1. The minimum Gasteiger partial charge on any atom is -0.508 e. The first-order valence-electron chi connectivity index (χ1n) is 10.4. The quantitative estimate of drug-likeness (QED) is 0.296. The predicted octanol–water partition coefficient (Wildman–Crippen LogP) is 4.98. The van der Waals surface area contributed by atoms with Crippen molar-refractivity contribution in [3.8, 4) is 11.5 Å². The molecule has 0 saturated heterocycles. The molecule has 0 heterocycles. The smallest absolute Gasteiger partial charge is 0.309 e. The summed E-state index contributed by atoms with van der Waals surface area (Å²) in [4.78, 5) is 21.6. The van der Waals surface area contributed by atoms with Gasteiger partial charge in [0.1, 0.15) is 17.1 Å². The fourth-order valence-electron chi connectivity index (χ4n) is 3.33. The van der Waals surface area contributed by atoms with Gasteiger partial charge < -0.3 is 20.1 Å². The molecule has 0 unspecified atom stereocenters. The molecule has 1 aromatic carbocycles. The van der Waals surface area contributed by atoms with E-state index in [0.29, 0.717) is 31.3 Å². The van der Waals surface area contributed by atoms with Crippen LogP contribution in [0, 0.1) is 5.41 Å². The highest BCUT2D eigenvalue weighted by atomic mass is 16.5. The largest absolute Gasteiger partial charge is 0.508 e. The maximum Gasteiger partial charge on any atom is 0.309 e. The van der Waals surface area contributed by atoms with Gasteiger partial charge in [0, 0.05) is 5.56 Å². The first-order valence-corrected chi connectivity index (χ1v) is 10.4. The summed E-state index contributed by atoms with van der Waals surface area (Å²) in [5.74, 6) is -0.543. The first kappa shape index (κ1) is 24.8. The van der Waals surface area contributed by atoms with Crippen molar-refractivity contribution >= 4 is 12.4 Å². The Labute approximate surface area is 173 Å². The highest BCUT2D eigenvalue weighted by Crippen LogP contribution is 2.33. The van der Waals surface area contributed by atoms with E-state index in [9.17, 15) is 19.8 Å². The van der Waals surface area contributed by atoms with E-state index in [1.54, 1.807) is 26.0 Å². The van der Waals surface area contributed by atoms with Crippen LogP contribution in [0.3, 0.4) is 0 Å². The fourth-order valence-corrected chi connectivity index (χ4v) is 3.33. The molecule has 0 radical (unpaired) electrons. The Morgan fingerprint density at radius 3 is 2.21 bits per heavy atom. The molecule has 0 spiro atoms. The minimum absolute atomic E-state index is 0.0950. The Morgan fingerprint density at radius 2 is 1.59 bits per heavy atom. The predicted molar refractivity (Wildman–Crippen MR) is 112 cm³/mol. The summed E-state index contributed by atoms with van der Waals surface area (Å²) in [6.07, 6.45) is 6.68. The highest BCUT2D eigenvalue weighted by Gasteiger charge is 2.26. The lowest BCUT2D eigenvalue weighted by atomic mass is 9.87. The minimum atomic E-state index is -0.790. The maximum absolute atomic E-state index is 11.1. The van der Waals surface area contributed by atoms with Gasteiger partial charge in [-0.1, -0.05) is 18.9 Å². The molecule has 6 heteroatoms. The van der Waals surface area contributed by atoms with Crippen LogP contribution in [0.4, 0.5) is 0 Å². The Bertz CT molecular complexity index is 678. The van der Waals surface area contributed by atoms with Gasteiger partial charge in [-0.05, 0) is 84.3 Å².